The van der Waals surface area contributed by atoms with E-state index in [9.17, 15) is 4.79 Å². The molecule has 118 valence electrons. The Morgan fingerprint density at radius 3 is 2.87 bits per heavy atom. The molecule has 0 unspecified atom stereocenters. The number of nitrogens with one attached hydrogen (secondary N) is 1. The molecule has 7 nitrogen and oxygen atoms in total. The van der Waals surface area contributed by atoms with Gasteiger partial charge in [0, 0.05) is 12.1 Å². The number of aromatic nitrogens is 3. The zero-order valence-electron chi connectivity index (χ0n) is 12.2. The zero-order chi connectivity index (χ0) is 15.8. The third kappa shape index (κ3) is 2.62. The smallest absolute Gasteiger partial charge is 0.271 e. The molecular formula is C14H12N4O3S2. The van der Waals surface area contributed by atoms with E-state index in [4.69, 9.17) is 9.47 Å². The SMILES string of the molecule is CCc1nnsc1C(=O)Nc1nc2cc3c(cc2s1)OCCO3. The van der Waals surface area contributed by atoms with E-state index in [1.165, 1.54) is 11.3 Å². The van der Waals surface area contributed by atoms with Crippen molar-refractivity contribution in [1.29, 1.82) is 0 Å². The molecule has 4 rings (SSSR count). The second kappa shape index (κ2) is 5.74. The van der Waals surface area contributed by atoms with Crippen molar-refractivity contribution < 1.29 is 14.3 Å². The lowest BCUT2D eigenvalue weighted by molar-refractivity contribution is 0.102. The fourth-order valence-corrected chi connectivity index (χ4v) is 3.80. The van der Waals surface area contributed by atoms with Gasteiger partial charge < -0.3 is 9.47 Å². The highest BCUT2D eigenvalue weighted by atomic mass is 32.1. The largest absolute Gasteiger partial charge is 0.486 e. The Labute approximate surface area is 139 Å². The maximum atomic E-state index is 12.3. The van der Waals surface area contributed by atoms with E-state index in [-0.39, 0.29) is 5.91 Å². The van der Waals surface area contributed by atoms with Crippen LogP contribution in [0.5, 0.6) is 11.5 Å². The molecule has 23 heavy (non-hydrogen) atoms. The summed E-state index contributed by atoms with van der Waals surface area (Å²) >= 11 is 2.49. The Hall–Kier alpha value is -2.26. The summed E-state index contributed by atoms with van der Waals surface area (Å²) in [7, 11) is 0. The average molecular weight is 348 g/mol. The van der Waals surface area contributed by atoms with Gasteiger partial charge in [-0.2, -0.15) is 0 Å². The van der Waals surface area contributed by atoms with Gasteiger partial charge in [-0.3, -0.25) is 10.1 Å². The Bertz CT molecular complexity index is 846. The Balaban J connectivity index is 1.63. The fourth-order valence-electron chi connectivity index (χ4n) is 2.28. The quantitative estimate of drug-likeness (QED) is 0.783. The van der Waals surface area contributed by atoms with E-state index in [1.54, 1.807) is 0 Å². The van der Waals surface area contributed by atoms with Crippen molar-refractivity contribution in [2.75, 3.05) is 18.5 Å². The van der Waals surface area contributed by atoms with Crippen LogP contribution in [0.4, 0.5) is 5.13 Å². The molecule has 1 aliphatic heterocycles. The molecule has 0 atom stereocenters. The molecule has 0 saturated carbocycles. The Morgan fingerprint density at radius 1 is 1.30 bits per heavy atom. The van der Waals surface area contributed by atoms with Gasteiger partial charge in [-0.05, 0) is 18.0 Å². The monoisotopic (exact) mass is 348 g/mol. The van der Waals surface area contributed by atoms with Crippen LogP contribution in [0.2, 0.25) is 0 Å². The van der Waals surface area contributed by atoms with Crippen molar-refractivity contribution in [3.05, 3.63) is 22.7 Å². The van der Waals surface area contributed by atoms with Crippen LogP contribution in [0.3, 0.4) is 0 Å². The van der Waals surface area contributed by atoms with E-state index in [1.807, 2.05) is 19.1 Å². The molecule has 3 aromatic rings. The summed E-state index contributed by atoms with van der Waals surface area (Å²) in [5.41, 5.74) is 1.47. The van der Waals surface area contributed by atoms with E-state index in [0.29, 0.717) is 46.8 Å². The lowest BCUT2D eigenvalue weighted by atomic mass is 10.3. The number of amides is 1. The minimum absolute atomic E-state index is 0.229. The zero-order valence-corrected chi connectivity index (χ0v) is 13.8. The van der Waals surface area contributed by atoms with Crippen LogP contribution in [-0.2, 0) is 6.42 Å². The number of hydrogen-bond acceptors (Lipinski definition) is 8. The summed E-state index contributed by atoms with van der Waals surface area (Å²) in [5.74, 6) is 1.17. The first-order valence-electron chi connectivity index (χ1n) is 7.07. The number of carbonyl (C=O) groups excluding carboxylic acids is 1. The lowest BCUT2D eigenvalue weighted by Gasteiger charge is -2.17. The maximum absolute atomic E-state index is 12.3. The van der Waals surface area contributed by atoms with Gasteiger partial charge in [-0.25, -0.2) is 4.98 Å². The summed E-state index contributed by atoms with van der Waals surface area (Å²) < 4.78 is 15.9. The number of nitrogens with zero attached hydrogens (tertiary/aromatic N) is 3. The third-order valence-corrected chi connectivity index (χ3v) is 5.07. The number of aryl methyl sites for hydroxylation is 1. The van der Waals surface area contributed by atoms with Crippen LogP contribution in [0, 0.1) is 0 Å². The number of carbonyl (C=O) groups is 1. The van der Waals surface area contributed by atoms with Gasteiger partial charge in [0.25, 0.3) is 5.91 Å². The third-order valence-electron chi connectivity index (χ3n) is 3.37. The number of ether oxygens (including phenoxy) is 2. The molecular weight excluding hydrogens is 336 g/mol. The number of hydrogen-bond donors (Lipinski definition) is 1. The molecule has 0 aliphatic carbocycles. The molecule has 1 N–H and O–H groups in total. The van der Waals surface area contributed by atoms with E-state index in [2.05, 4.69) is 19.9 Å². The van der Waals surface area contributed by atoms with Gasteiger partial charge in [0.05, 0.1) is 15.9 Å². The molecule has 0 saturated heterocycles. The molecule has 0 fully saturated rings. The molecule has 1 aliphatic rings. The minimum Gasteiger partial charge on any atom is -0.486 e. The van der Waals surface area contributed by atoms with Crippen molar-refractivity contribution >= 4 is 44.1 Å². The van der Waals surface area contributed by atoms with Crippen molar-refractivity contribution in [2.45, 2.75) is 13.3 Å². The van der Waals surface area contributed by atoms with E-state index < -0.39 is 0 Å². The van der Waals surface area contributed by atoms with Crippen LogP contribution in [0.1, 0.15) is 22.3 Å². The average Bonchev–Trinajstić information content (AvgIpc) is 3.18. The standard InChI is InChI=1S/C14H12N4O3S2/c1-2-7-12(23-18-17-7)13(19)16-14-15-8-5-9-10(6-11(8)22-14)21-4-3-20-9/h5-6H,2-4H2,1H3,(H,15,16,19). The van der Waals surface area contributed by atoms with Gasteiger partial charge in [0.2, 0.25) is 0 Å². The molecule has 3 heterocycles. The number of benzene rings is 1. The second-order valence-corrected chi connectivity index (χ2v) is 6.62. The molecule has 0 spiro atoms. The summed E-state index contributed by atoms with van der Waals surface area (Å²) in [5, 5.41) is 7.30. The number of rotatable bonds is 3. The van der Waals surface area contributed by atoms with Crippen molar-refractivity contribution in [1.82, 2.24) is 14.6 Å². The van der Waals surface area contributed by atoms with Crippen LogP contribution in [0.25, 0.3) is 10.2 Å². The molecule has 0 radical (unpaired) electrons. The number of fused-ring (bicyclic) bond motifs is 2. The topological polar surface area (TPSA) is 86.2 Å². The predicted molar refractivity (Wildman–Crippen MR) is 87.9 cm³/mol. The van der Waals surface area contributed by atoms with Crippen molar-refractivity contribution in [3.8, 4) is 11.5 Å². The fraction of sp³-hybridized carbons (Fsp3) is 0.286. The summed E-state index contributed by atoms with van der Waals surface area (Å²) in [6.45, 7) is 3.01. The van der Waals surface area contributed by atoms with Crippen molar-refractivity contribution in [3.63, 3.8) is 0 Å². The molecule has 1 amide bonds. The first-order valence-corrected chi connectivity index (χ1v) is 8.66. The second-order valence-electron chi connectivity index (χ2n) is 4.84. The van der Waals surface area contributed by atoms with Crippen LogP contribution < -0.4 is 14.8 Å². The highest BCUT2D eigenvalue weighted by Gasteiger charge is 2.19. The Kier molecular flexibility index (Phi) is 3.58. The maximum Gasteiger partial charge on any atom is 0.271 e. The first kappa shape index (κ1) is 14.3. The van der Waals surface area contributed by atoms with E-state index in [0.717, 1.165) is 21.7 Å². The molecule has 9 heteroatoms. The van der Waals surface area contributed by atoms with Gasteiger partial charge >= 0.3 is 0 Å². The molecule has 0 bridgehead atoms. The molecule has 2 aromatic heterocycles. The first-order chi connectivity index (χ1) is 11.2. The molecule has 1 aromatic carbocycles. The van der Waals surface area contributed by atoms with E-state index >= 15 is 0 Å². The normalized spacial score (nSPS) is 13.3. The highest BCUT2D eigenvalue weighted by molar-refractivity contribution is 7.22. The van der Waals surface area contributed by atoms with Crippen molar-refractivity contribution in [2.24, 2.45) is 0 Å². The predicted octanol–water partition coefficient (Wildman–Crippen LogP) is 2.73. The number of anilines is 1. The van der Waals surface area contributed by atoms with Gasteiger partial charge in [0.15, 0.2) is 16.6 Å². The lowest BCUT2D eigenvalue weighted by Crippen LogP contribution is -2.15. The highest BCUT2D eigenvalue weighted by Crippen LogP contribution is 2.37. The van der Waals surface area contributed by atoms with Gasteiger partial charge in [-0.15, -0.1) is 5.10 Å². The summed E-state index contributed by atoms with van der Waals surface area (Å²) in [6, 6.07) is 3.73. The minimum atomic E-state index is -0.229. The van der Waals surface area contributed by atoms with Gasteiger partial charge in [0.1, 0.15) is 18.1 Å². The van der Waals surface area contributed by atoms with Crippen LogP contribution >= 0.6 is 22.9 Å². The number of thiazole rings is 1. The van der Waals surface area contributed by atoms with Crippen LogP contribution in [-0.4, -0.2) is 33.7 Å². The van der Waals surface area contributed by atoms with Crippen LogP contribution in [0.15, 0.2) is 12.1 Å². The van der Waals surface area contributed by atoms with Gasteiger partial charge in [-0.1, -0.05) is 22.7 Å². The summed E-state index contributed by atoms with van der Waals surface area (Å²) in [6.07, 6.45) is 0.667. The summed E-state index contributed by atoms with van der Waals surface area (Å²) in [4.78, 5) is 17.3. The Morgan fingerprint density at radius 2 is 2.09 bits per heavy atom.